The van der Waals surface area contributed by atoms with Gasteiger partial charge in [0.1, 0.15) is 10.6 Å². The monoisotopic (exact) mass is 419 g/mol. The number of piperazine rings is 1. The lowest BCUT2D eigenvalue weighted by Gasteiger charge is -2.34. The van der Waals surface area contributed by atoms with Crippen molar-refractivity contribution in [1.82, 2.24) is 14.5 Å². The number of anilines is 2. The summed E-state index contributed by atoms with van der Waals surface area (Å²) in [6.07, 6.45) is 0. The molecule has 0 amide bonds. The van der Waals surface area contributed by atoms with E-state index in [0.29, 0.717) is 45.1 Å². The molecular weight excluding hydrogens is 394 g/mol. The highest BCUT2D eigenvalue weighted by Gasteiger charge is 2.31. The second-order valence-corrected chi connectivity index (χ2v) is 8.80. The molecule has 29 heavy (non-hydrogen) atoms. The van der Waals surface area contributed by atoms with Gasteiger partial charge in [-0.25, -0.2) is 8.42 Å². The molecule has 0 N–H and O–H groups in total. The van der Waals surface area contributed by atoms with Gasteiger partial charge < -0.3 is 19.3 Å². The lowest BCUT2D eigenvalue weighted by molar-refractivity contribution is 0.122. The van der Waals surface area contributed by atoms with Crippen LogP contribution in [0.3, 0.4) is 0 Å². The first kappa shape index (κ1) is 19.9. The van der Waals surface area contributed by atoms with Gasteiger partial charge in [0.25, 0.3) is 0 Å². The van der Waals surface area contributed by atoms with Gasteiger partial charge in [0, 0.05) is 39.3 Å². The quantitative estimate of drug-likeness (QED) is 0.704. The second kappa shape index (κ2) is 8.52. The third-order valence-electron chi connectivity index (χ3n) is 5.22. The van der Waals surface area contributed by atoms with E-state index in [1.54, 1.807) is 24.3 Å². The fourth-order valence-electron chi connectivity index (χ4n) is 3.58. The molecule has 0 atom stereocenters. The highest BCUT2D eigenvalue weighted by Crippen LogP contribution is 2.27. The molecule has 4 rings (SSSR count). The highest BCUT2D eigenvalue weighted by molar-refractivity contribution is 7.89. The third-order valence-corrected chi connectivity index (χ3v) is 7.16. The minimum atomic E-state index is -3.60. The van der Waals surface area contributed by atoms with Crippen molar-refractivity contribution in [2.75, 3.05) is 69.4 Å². The number of nitrogens with zero attached hydrogens (tertiary/aromatic N) is 5. The number of morpholine rings is 1. The average molecular weight is 420 g/mol. The van der Waals surface area contributed by atoms with Gasteiger partial charge in [-0.2, -0.15) is 4.31 Å². The molecule has 0 aliphatic carbocycles. The summed E-state index contributed by atoms with van der Waals surface area (Å²) in [5.74, 6) is 1.96. The zero-order chi connectivity index (χ0) is 20.3. The fourth-order valence-corrected chi connectivity index (χ4v) is 5.15. The summed E-state index contributed by atoms with van der Waals surface area (Å²) in [6, 6.07) is 10.6. The van der Waals surface area contributed by atoms with Gasteiger partial charge in [0.15, 0.2) is 11.6 Å². The van der Waals surface area contributed by atoms with Crippen molar-refractivity contribution in [1.29, 1.82) is 0 Å². The number of benzene rings is 1. The van der Waals surface area contributed by atoms with E-state index >= 15 is 0 Å². The van der Waals surface area contributed by atoms with Gasteiger partial charge in [0.2, 0.25) is 10.0 Å². The van der Waals surface area contributed by atoms with E-state index in [1.165, 1.54) is 11.4 Å². The van der Waals surface area contributed by atoms with Crippen LogP contribution in [-0.4, -0.2) is 82.5 Å². The van der Waals surface area contributed by atoms with E-state index < -0.39 is 10.0 Å². The smallest absolute Gasteiger partial charge is 0.246 e. The van der Waals surface area contributed by atoms with E-state index in [-0.39, 0.29) is 4.90 Å². The number of rotatable bonds is 5. The molecule has 0 bridgehead atoms. The Morgan fingerprint density at radius 1 is 0.862 bits per heavy atom. The minimum Gasteiger partial charge on any atom is -0.495 e. The molecule has 2 aliphatic heterocycles. The van der Waals surface area contributed by atoms with E-state index in [2.05, 4.69) is 20.0 Å². The number of hydrogen-bond acceptors (Lipinski definition) is 8. The first-order valence-electron chi connectivity index (χ1n) is 9.64. The van der Waals surface area contributed by atoms with Crippen LogP contribution in [0.25, 0.3) is 0 Å². The summed E-state index contributed by atoms with van der Waals surface area (Å²) in [6.45, 7) is 4.90. The molecule has 2 fully saturated rings. The molecule has 2 aromatic rings. The standard InChI is InChI=1S/C19H25N5O4S/c1-27-16-4-2-3-5-17(16)29(25,26)24-10-8-22(9-11-24)18-6-7-19(21-20-18)23-12-14-28-15-13-23/h2-7H,8-15H2,1H3. The number of sulfonamides is 1. The normalized spacial score (nSPS) is 18.7. The lowest BCUT2D eigenvalue weighted by Crippen LogP contribution is -2.49. The Balaban J connectivity index is 1.41. The average Bonchev–Trinajstić information content (AvgIpc) is 2.80. The van der Waals surface area contributed by atoms with E-state index in [0.717, 1.165) is 24.7 Å². The number of hydrogen-bond donors (Lipinski definition) is 0. The first-order valence-corrected chi connectivity index (χ1v) is 11.1. The zero-order valence-electron chi connectivity index (χ0n) is 16.4. The van der Waals surface area contributed by atoms with Crippen LogP contribution >= 0.6 is 0 Å². The summed E-state index contributed by atoms with van der Waals surface area (Å²) in [5.41, 5.74) is 0. The maximum Gasteiger partial charge on any atom is 0.246 e. The molecule has 0 saturated carbocycles. The SMILES string of the molecule is COc1ccccc1S(=O)(=O)N1CCN(c2ccc(N3CCOCC3)nn2)CC1. The maximum atomic E-state index is 13.0. The third kappa shape index (κ3) is 4.14. The molecule has 10 heteroatoms. The Labute approximate surface area is 170 Å². The van der Waals surface area contributed by atoms with Gasteiger partial charge in [-0.15, -0.1) is 10.2 Å². The number of para-hydroxylation sites is 1. The Hall–Kier alpha value is -2.43. The van der Waals surface area contributed by atoms with Gasteiger partial charge in [-0.1, -0.05) is 12.1 Å². The molecule has 3 heterocycles. The van der Waals surface area contributed by atoms with E-state index in [9.17, 15) is 8.42 Å². The first-order chi connectivity index (χ1) is 14.1. The van der Waals surface area contributed by atoms with Crippen LogP contribution in [0.15, 0.2) is 41.3 Å². The zero-order valence-corrected chi connectivity index (χ0v) is 17.2. The Bertz CT molecular complexity index is 924. The van der Waals surface area contributed by atoms with Crippen molar-refractivity contribution in [2.24, 2.45) is 0 Å². The Morgan fingerprint density at radius 3 is 2.03 bits per heavy atom. The van der Waals surface area contributed by atoms with Crippen LogP contribution < -0.4 is 14.5 Å². The van der Waals surface area contributed by atoms with Crippen molar-refractivity contribution in [3.63, 3.8) is 0 Å². The van der Waals surface area contributed by atoms with Gasteiger partial charge in [-0.3, -0.25) is 0 Å². The summed E-state index contributed by atoms with van der Waals surface area (Å²) in [5, 5.41) is 8.70. The summed E-state index contributed by atoms with van der Waals surface area (Å²) in [7, 11) is -2.13. The molecule has 0 unspecified atom stereocenters. The number of aromatic nitrogens is 2. The highest BCUT2D eigenvalue weighted by atomic mass is 32.2. The van der Waals surface area contributed by atoms with Gasteiger partial charge >= 0.3 is 0 Å². The van der Waals surface area contributed by atoms with E-state index in [4.69, 9.17) is 9.47 Å². The van der Waals surface area contributed by atoms with Crippen LogP contribution in [0.2, 0.25) is 0 Å². The molecule has 2 saturated heterocycles. The molecule has 9 nitrogen and oxygen atoms in total. The summed E-state index contributed by atoms with van der Waals surface area (Å²) in [4.78, 5) is 4.41. The van der Waals surface area contributed by atoms with Crippen molar-refractivity contribution in [2.45, 2.75) is 4.90 Å². The Morgan fingerprint density at radius 2 is 1.45 bits per heavy atom. The van der Waals surface area contributed by atoms with Crippen LogP contribution in [0.1, 0.15) is 0 Å². The molecular formula is C19H25N5O4S. The second-order valence-electron chi connectivity index (χ2n) is 6.89. The van der Waals surface area contributed by atoms with Crippen molar-refractivity contribution >= 4 is 21.7 Å². The summed E-state index contributed by atoms with van der Waals surface area (Å²) >= 11 is 0. The largest absolute Gasteiger partial charge is 0.495 e. The summed E-state index contributed by atoms with van der Waals surface area (Å²) < 4.78 is 38.1. The van der Waals surface area contributed by atoms with Crippen molar-refractivity contribution in [3.8, 4) is 5.75 Å². The molecule has 156 valence electrons. The van der Waals surface area contributed by atoms with Crippen LogP contribution in [0.4, 0.5) is 11.6 Å². The topological polar surface area (TPSA) is 88.1 Å². The van der Waals surface area contributed by atoms with Gasteiger partial charge in [0.05, 0.1) is 20.3 Å². The van der Waals surface area contributed by atoms with E-state index in [1.807, 2.05) is 12.1 Å². The minimum absolute atomic E-state index is 0.200. The van der Waals surface area contributed by atoms with Crippen LogP contribution in [0.5, 0.6) is 5.75 Å². The number of ether oxygens (including phenoxy) is 2. The lowest BCUT2D eigenvalue weighted by atomic mass is 10.3. The molecule has 1 aromatic carbocycles. The van der Waals surface area contributed by atoms with Crippen molar-refractivity contribution < 1.29 is 17.9 Å². The molecule has 0 radical (unpaired) electrons. The predicted molar refractivity (Wildman–Crippen MR) is 109 cm³/mol. The van der Waals surface area contributed by atoms with Crippen LogP contribution in [-0.2, 0) is 14.8 Å². The molecule has 2 aliphatic rings. The van der Waals surface area contributed by atoms with Gasteiger partial charge in [-0.05, 0) is 24.3 Å². The fraction of sp³-hybridized carbons (Fsp3) is 0.474. The predicted octanol–water partition coefficient (Wildman–Crippen LogP) is 0.833. The maximum absolute atomic E-state index is 13.0. The molecule has 0 spiro atoms. The number of methoxy groups -OCH3 is 1. The van der Waals surface area contributed by atoms with Crippen LogP contribution in [0, 0.1) is 0 Å². The Kier molecular flexibility index (Phi) is 5.84. The van der Waals surface area contributed by atoms with Crippen molar-refractivity contribution in [3.05, 3.63) is 36.4 Å². The molecule has 1 aromatic heterocycles.